The summed E-state index contributed by atoms with van der Waals surface area (Å²) in [5.41, 5.74) is 0. The van der Waals surface area contributed by atoms with Crippen LogP contribution in [0.3, 0.4) is 0 Å². The summed E-state index contributed by atoms with van der Waals surface area (Å²) in [7, 11) is 0. The lowest BCUT2D eigenvalue weighted by Gasteiger charge is -2.29. The van der Waals surface area contributed by atoms with Crippen LogP contribution in [0.4, 0.5) is 0 Å². The van der Waals surface area contributed by atoms with Crippen molar-refractivity contribution in [1.82, 2.24) is 4.90 Å². The van der Waals surface area contributed by atoms with E-state index in [4.69, 9.17) is 0 Å². The molecule has 1 heteroatoms. The minimum Gasteiger partial charge on any atom is -0.300 e. The summed E-state index contributed by atoms with van der Waals surface area (Å²) in [6.45, 7) is 13.1. The summed E-state index contributed by atoms with van der Waals surface area (Å²) < 4.78 is 0. The molecule has 0 aromatic rings. The van der Waals surface area contributed by atoms with Crippen LogP contribution in [0, 0.1) is 5.92 Å². The highest BCUT2D eigenvalue weighted by atomic mass is 15.2. The van der Waals surface area contributed by atoms with Crippen molar-refractivity contribution in [2.75, 3.05) is 13.1 Å². The second-order valence-corrected chi connectivity index (χ2v) is 3.95. The number of hydrogen-bond donors (Lipinski definition) is 0. The number of piperidine rings is 1. The molecule has 0 aromatic heterocycles. The molecule has 0 aromatic carbocycles. The lowest BCUT2D eigenvalue weighted by Crippen LogP contribution is -2.34. The molecule has 86 valence electrons. The maximum atomic E-state index is 2.68. The summed E-state index contributed by atoms with van der Waals surface area (Å²) in [5.74, 6) is 0.995. The van der Waals surface area contributed by atoms with Crippen molar-refractivity contribution in [3.63, 3.8) is 0 Å². The molecule has 1 nitrogen and oxygen atoms in total. The lowest BCUT2D eigenvalue weighted by molar-refractivity contribution is 0.184. The molecule has 1 aliphatic heterocycles. The topological polar surface area (TPSA) is 3.24 Å². The summed E-state index contributed by atoms with van der Waals surface area (Å²) in [6.07, 6.45) is 5.84. The van der Waals surface area contributed by atoms with Gasteiger partial charge in [-0.3, -0.25) is 0 Å². The SMILES string of the molecule is CC.CC.CC1CCN(C2CC2)CC1. The lowest BCUT2D eigenvalue weighted by atomic mass is 9.99. The van der Waals surface area contributed by atoms with Gasteiger partial charge >= 0.3 is 0 Å². The number of rotatable bonds is 1. The Morgan fingerprint density at radius 2 is 1.21 bits per heavy atom. The predicted molar refractivity (Wildman–Crippen MR) is 65.7 cm³/mol. The second kappa shape index (κ2) is 8.28. The Kier molecular flexibility index (Phi) is 8.26. The Labute approximate surface area is 90.9 Å². The largest absolute Gasteiger partial charge is 0.300 e. The van der Waals surface area contributed by atoms with Crippen molar-refractivity contribution in [2.45, 2.75) is 66.3 Å². The normalized spacial score (nSPS) is 22.9. The van der Waals surface area contributed by atoms with Crippen LogP contribution in [0.2, 0.25) is 0 Å². The first-order valence-corrected chi connectivity index (χ1v) is 6.60. The molecule has 0 unspecified atom stereocenters. The standard InChI is InChI=1S/C9H17N.2C2H6/c1-8-4-6-10(7-5-8)9-2-3-9;2*1-2/h8-9H,2-7H2,1H3;2*1-2H3. The Morgan fingerprint density at radius 1 is 0.786 bits per heavy atom. The van der Waals surface area contributed by atoms with E-state index in [0.29, 0.717) is 0 Å². The van der Waals surface area contributed by atoms with E-state index in [0.717, 1.165) is 12.0 Å². The van der Waals surface area contributed by atoms with E-state index >= 15 is 0 Å². The molecular formula is C13H29N. The van der Waals surface area contributed by atoms with E-state index in [9.17, 15) is 0 Å². The third-order valence-corrected chi connectivity index (χ3v) is 2.88. The monoisotopic (exact) mass is 199 g/mol. The minimum atomic E-state index is 0.995. The number of nitrogens with zero attached hydrogens (tertiary/aromatic N) is 1. The van der Waals surface area contributed by atoms with Crippen LogP contribution >= 0.6 is 0 Å². The third kappa shape index (κ3) is 4.99. The van der Waals surface area contributed by atoms with E-state index < -0.39 is 0 Å². The maximum Gasteiger partial charge on any atom is 0.00964 e. The Bertz CT molecular complexity index is 110. The smallest absolute Gasteiger partial charge is 0.00964 e. The average Bonchev–Trinajstić information content (AvgIpc) is 3.09. The van der Waals surface area contributed by atoms with E-state index in [2.05, 4.69) is 11.8 Å². The van der Waals surface area contributed by atoms with Gasteiger partial charge in [-0.05, 0) is 44.7 Å². The van der Waals surface area contributed by atoms with Gasteiger partial charge in [-0.15, -0.1) is 0 Å². The molecule has 0 amide bonds. The van der Waals surface area contributed by atoms with Crippen molar-refractivity contribution in [2.24, 2.45) is 5.92 Å². The fourth-order valence-electron chi connectivity index (χ4n) is 1.83. The fraction of sp³-hybridized carbons (Fsp3) is 1.00. The highest BCUT2D eigenvalue weighted by Gasteiger charge is 2.30. The Morgan fingerprint density at radius 3 is 1.57 bits per heavy atom. The molecule has 0 atom stereocenters. The van der Waals surface area contributed by atoms with Gasteiger partial charge in [-0.1, -0.05) is 34.6 Å². The summed E-state index contributed by atoms with van der Waals surface area (Å²) in [5, 5.41) is 0. The van der Waals surface area contributed by atoms with Crippen LogP contribution in [0.15, 0.2) is 0 Å². The van der Waals surface area contributed by atoms with Gasteiger partial charge in [0.1, 0.15) is 0 Å². The van der Waals surface area contributed by atoms with Gasteiger partial charge in [0.05, 0.1) is 0 Å². The number of hydrogen-bond acceptors (Lipinski definition) is 1. The van der Waals surface area contributed by atoms with Crippen LogP contribution in [0.1, 0.15) is 60.3 Å². The van der Waals surface area contributed by atoms with E-state index in [1.54, 1.807) is 0 Å². The van der Waals surface area contributed by atoms with Gasteiger partial charge in [0.25, 0.3) is 0 Å². The molecule has 1 saturated carbocycles. The van der Waals surface area contributed by atoms with Crippen LogP contribution in [-0.2, 0) is 0 Å². The first-order valence-electron chi connectivity index (χ1n) is 6.60. The molecule has 0 radical (unpaired) electrons. The Balaban J connectivity index is 0.000000379. The summed E-state index contributed by atoms with van der Waals surface area (Å²) in [4.78, 5) is 2.68. The molecular weight excluding hydrogens is 170 g/mol. The molecule has 1 aliphatic carbocycles. The first kappa shape index (κ1) is 14.0. The zero-order valence-corrected chi connectivity index (χ0v) is 10.8. The molecule has 0 N–H and O–H groups in total. The van der Waals surface area contributed by atoms with Gasteiger partial charge in [0, 0.05) is 6.04 Å². The maximum absolute atomic E-state index is 2.68. The second-order valence-electron chi connectivity index (χ2n) is 3.95. The molecule has 14 heavy (non-hydrogen) atoms. The van der Waals surface area contributed by atoms with Crippen LogP contribution < -0.4 is 0 Å². The molecule has 2 rings (SSSR count). The Hall–Kier alpha value is -0.0400. The summed E-state index contributed by atoms with van der Waals surface area (Å²) >= 11 is 0. The minimum absolute atomic E-state index is 0.995. The van der Waals surface area contributed by atoms with Crippen LogP contribution in [0.25, 0.3) is 0 Å². The van der Waals surface area contributed by atoms with Gasteiger partial charge < -0.3 is 4.90 Å². The predicted octanol–water partition coefficient (Wildman–Crippen LogP) is 3.93. The molecule has 0 spiro atoms. The van der Waals surface area contributed by atoms with Crippen molar-refractivity contribution in [1.29, 1.82) is 0 Å². The van der Waals surface area contributed by atoms with Crippen LogP contribution in [0.5, 0.6) is 0 Å². The first-order chi connectivity index (χ1) is 6.86. The van der Waals surface area contributed by atoms with Crippen molar-refractivity contribution in [3.05, 3.63) is 0 Å². The van der Waals surface area contributed by atoms with Gasteiger partial charge in [0.15, 0.2) is 0 Å². The van der Waals surface area contributed by atoms with E-state index in [-0.39, 0.29) is 0 Å². The van der Waals surface area contributed by atoms with E-state index in [1.807, 2.05) is 27.7 Å². The zero-order valence-electron chi connectivity index (χ0n) is 10.8. The van der Waals surface area contributed by atoms with Crippen molar-refractivity contribution in [3.8, 4) is 0 Å². The highest BCUT2D eigenvalue weighted by Crippen LogP contribution is 2.30. The zero-order chi connectivity index (χ0) is 11.0. The molecule has 2 aliphatic rings. The number of likely N-dealkylation sites (tertiary alicyclic amines) is 1. The van der Waals surface area contributed by atoms with Gasteiger partial charge in [-0.25, -0.2) is 0 Å². The average molecular weight is 199 g/mol. The molecule has 0 bridgehead atoms. The quantitative estimate of drug-likeness (QED) is 0.618. The van der Waals surface area contributed by atoms with Crippen LogP contribution in [-0.4, -0.2) is 24.0 Å². The molecule has 1 heterocycles. The summed E-state index contributed by atoms with van der Waals surface area (Å²) in [6, 6.07) is 1.01. The van der Waals surface area contributed by atoms with Crippen molar-refractivity contribution < 1.29 is 0 Å². The van der Waals surface area contributed by atoms with Gasteiger partial charge in [0.2, 0.25) is 0 Å². The molecule has 2 fully saturated rings. The molecule has 1 saturated heterocycles. The van der Waals surface area contributed by atoms with E-state index in [1.165, 1.54) is 38.8 Å². The van der Waals surface area contributed by atoms with Gasteiger partial charge in [-0.2, -0.15) is 0 Å². The van der Waals surface area contributed by atoms with Crippen molar-refractivity contribution >= 4 is 0 Å². The highest BCUT2D eigenvalue weighted by molar-refractivity contribution is 4.86. The fourth-order valence-corrected chi connectivity index (χ4v) is 1.83. The third-order valence-electron chi connectivity index (χ3n) is 2.88.